The van der Waals surface area contributed by atoms with Gasteiger partial charge in [-0.15, -0.1) is 0 Å². The van der Waals surface area contributed by atoms with Gasteiger partial charge < -0.3 is 14.7 Å². The Kier molecular flexibility index (Phi) is 10.8. The highest BCUT2D eigenvalue weighted by Crippen LogP contribution is 2.32. The number of carbonyl (C=O) groups excluding carboxylic acids is 3. The third-order valence-electron chi connectivity index (χ3n) is 11.3. The van der Waals surface area contributed by atoms with Crippen LogP contribution in [0.3, 0.4) is 0 Å². The van der Waals surface area contributed by atoms with Gasteiger partial charge in [-0.25, -0.2) is 4.98 Å². The minimum Gasteiger partial charge on any atom is -0.368 e. The molecule has 2 atom stereocenters. The molecule has 1 unspecified atom stereocenters. The Bertz CT molecular complexity index is 2530. The molecule has 2 aliphatic rings. The molecule has 0 aliphatic carbocycles. The van der Waals surface area contributed by atoms with Crippen molar-refractivity contribution in [2.75, 3.05) is 37.6 Å². The van der Waals surface area contributed by atoms with Crippen LogP contribution in [0.2, 0.25) is 0 Å². The van der Waals surface area contributed by atoms with Crippen LogP contribution in [-0.2, 0) is 21.4 Å². The molecule has 7 heterocycles. The largest absolute Gasteiger partial charge is 0.368 e. The number of benzene rings is 1. The monoisotopic (exact) mass is 795 g/mol. The minimum atomic E-state index is -0.392. The number of piperidine rings is 1. The zero-order valence-corrected chi connectivity index (χ0v) is 34.3. The van der Waals surface area contributed by atoms with Crippen LogP contribution in [0.4, 0.5) is 5.69 Å². The number of rotatable bonds is 10. The smallest absolute Gasteiger partial charge is 0.293 e. The van der Waals surface area contributed by atoms with Gasteiger partial charge in [0, 0.05) is 85.1 Å². The van der Waals surface area contributed by atoms with Crippen molar-refractivity contribution in [2.45, 2.75) is 78.2 Å². The SMILES string of the molecule is Cc1cc(-c2[nH]nc3ncc(-c4ccc(N5CCN(CCc6ccc(C7CCC(=O)NC7=O)c(C)n6)CC5)cn4)cc23)ccc1[C@@H](C)NC(=O)c1noc(C(C)(C)C)n1. The lowest BCUT2D eigenvalue weighted by atomic mass is 9.89. The molecular formula is C44H49N11O4. The number of fused-ring (bicyclic) bond motifs is 1. The van der Waals surface area contributed by atoms with Crippen molar-refractivity contribution in [3.63, 3.8) is 0 Å². The van der Waals surface area contributed by atoms with E-state index in [4.69, 9.17) is 14.5 Å². The molecule has 15 nitrogen and oxygen atoms in total. The zero-order chi connectivity index (χ0) is 41.4. The van der Waals surface area contributed by atoms with Gasteiger partial charge in [0.1, 0.15) is 0 Å². The lowest BCUT2D eigenvalue weighted by Gasteiger charge is -2.36. The fourth-order valence-corrected chi connectivity index (χ4v) is 7.90. The number of hydrogen-bond donors (Lipinski definition) is 3. The van der Waals surface area contributed by atoms with E-state index in [1.54, 1.807) is 6.20 Å². The topological polar surface area (TPSA) is 188 Å². The van der Waals surface area contributed by atoms with Gasteiger partial charge in [-0.3, -0.25) is 39.7 Å². The maximum atomic E-state index is 12.9. The predicted octanol–water partition coefficient (Wildman–Crippen LogP) is 5.76. The highest BCUT2D eigenvalue weighted by molar-refractivity contribution is 6.01. The summed E-state index contributed by atoms with van der Waals surface area (Å²) < 4.78 is 5.30. The van der Waals surface area contributed by atoms with Crippen LogP contribution in [0.1, 0.15) is 97.1 Å². The van der Waals surface area contributed by atoms with E-state index >= 15 is 0 Å². The molecule has 59 heavy (non-hydrogen) atoms. The van der Waals surface area contributed by atoms with Crippen molar-refractivity contribution < 1.29 is 18.9 Å². The molecule has 8 rings (SSSR count). The first-order valence-corrected chi connectivity index (χ1v) is 20.1. The fourth-order valence-electron chi connectivity index (χ4n) is 7.90. The Morgan fingerprint density at radius 1 is 0.966 bits per heavy atom. The number of hydrogen-bond acceptors (Lipinski definition) is 12. The maximum Gasteiger partial charge on any atom is 0.293 e. The van der Waals surface area contributed by atoms with Crippen molar-refractivity contribution in [2.24, 2.45) is 0 Å². The van der Waals surface area contributed by atoms with Gasteiger partial charge >= 0.3 is 0 Å². The van der Waals surface area contributed by atoms with Gasteiger partial charge in [0.25, 0.3) is 11.7 Å². The third kappa shape index (κ3) is 8.46. The molecule has 5 aromatic heterocycles. The van der Waals surface area contributed by atoms with E-state index in [0.29, 0.717) is 24.4 Å². The molecule has 304 valence electrons. The number of carbonyl (C=O) groups is 3. The first kappa shape index (κ1) is 39.5. The highest BCUT2D eigenvalue weighted by Gasteiger charge is 2.30. The number of nitrogens with zero attached hydrogens (tertiary/aromatic N) is 8. The Morgan fingerprint density at radius 2 is 1.78 bits per heavy atom. The van der Waals surface area contributed by atoms with Crippen molar-refractivity contribution in [1.82, 2.24) is 50.8 Å². The summed E-state index contributed by atoms with van der Waals surface area (Å²) in [6.45, 7) is 16.3. The fraction of sp³-hybridized carbons (Fsp3) is 0.386. The number of aryl methyl sites for hydroxylation is 2. The molecule has 3 N–H and O–H groups in total. The molecule has 0 saturated carbocycles. The van der Waals surface area contributed by atoms with Gasteiger partial charge in [-0.2, -0.15) is 10.1 Å². The first-order valence-electron chi connectivity index (χ1n) is 20.1. The Labute approximate surface area is 342 Å². The minimum absolute atomic E-state index is 0.0149. The van der Waals surface area contributed by atoms with Crippen LogP contribution in [-0.4, -0.2) is 90.6 Å². The molecule has 2 fully saturated rings. The van der Waals surface area contributed by atoms with E-state index in [9.17, 15) is 14.4 Å². The van der Waals surface area contributed by atoms with Crippen LogP contribution in [0.5, 0.6) is 0 Å². The lowest BCUT2D eigenvalue weighted by molar-refractivity contribution is -0.134. The van der Waals surface area contributed by atoms with Gasteiger partial charge in [0.05, 0.1) is 35.2 Å². The standard InChI is InChI=1S/C44H49N11O4/c1-25-21-28(7-10-32(25)26(2)48-42(58)40-50-43(59-53-40)44(4,5)6)38-35-22-29(23-46-39(35)52-51-38)36-13-9-31(24-45-36)55-19-17-54(18-20-55)16-15-30-8-11-33(27(3)47-30)34-12-14-37(56)49-41(34)57/h7-11,13,21-24,26,34H,12,14-20H2,1-6H3,(H,48,58)(H,46,51,52)(H,49,56,57)/t26-,34?/m1/s1. The van der Waals surface area contributed by atoms with E-state index in [2.05, 4.69) is 64.0 Å². The molecule has 0 radical (unpaired) electrons. The first-order chi connectivity index (χ1) is 28.3. The number of aromatic nitrogens is 7. The second-order valence-corrected chi connectivity index (χ2v) is 16.6. The number of imide groups is 1. The van der Waals surface area contributed by atoms with Gasteiger partial charge in [-0.05, 0) is 74.2 Å². The summed E-state index contributed by atoms with van der Waals surface area (Å²) in [6.07, 6.45) is 5.46. The zero-order valence-electron chi connectivity index (χ0n) is 34.3. The van der Waals surface area contributed by atoms with E-state index in [0.717, 1.165) is 101 Å². The van der Waals surface area contributed by atoms with E-state index in [1.807, 2.05) is 78.1 Å². The lowest BCUT2D eigenvalue weighted by Crippen LogP contribution is -2.47. The summed E-state index contributed by atoms with van der Waals surface area (Å²) in [6, 6.07) is 16.1. The summed E-state index contributed by atoms with van der Waals surface area (Å²) in [5.41, 5.74) is 9.62. The summed E-state index contributed by atoms with van der Waals surface area (Å²) in [5.74, 6) is -0.716. The quantitative estimate of drug-likeness (QED) is 0.143. The molecule has 0 spiro atoms. The number of nitrogens with one attached hydrogen (secondary N) is 3. The van der Waals surface area contributed by atoms with Crippen LogP contribution < -0.4 is 15.5 Å². The number of pyridine rings is 3. The number of anilines is 1. The summed E-state index contributed by atoms with van der Waals surface area (Å²) in [7, 11) is 0. The molecule has 2 saturated heterocycles. The maximum absolute atomic E-state index is 12.9. The third-order valence-corrected chi connectivity index (χ3v) is 11.3. The summed E-state index contributed by atoms with van der Waals surface area (Å²) >= 11 is 0. The van der Waals surface area contributed by atoms with Crippen LogP contribution >= 0.6 is 0 Å². The molecular weight excluding hydrogens is 747 g/mol. The molecule has 0 bridgehead atoms. The van der Waals surface area contributed by atoms with Gasteiger partial charge in [-0.1, -0.05) is 44.1 Å². The Balaban J connectivity index is 0.870. The normalized spacial score (nSPS) is 17.0. The second-order valence-electron chi connectivity index (χ2n) is 16.6. The van der Waals surface area contributed by atoms with Crippen LogP contribution in [0.15, 0.2) is 65.4 Å². The van der Waals surface area contributed by atoms with Crippen LogP contribution in [0.25, 0.3) is 33.5 Å². The van der Waals surface area contributed by atoms with E-state index < -0.39 is 5.91 Å². The predicted molar refractivity (Wildman–Crippen MR) is 223 cm³/mol. The molecule has 1 aromatic carbocycles. The number of piperazine rings is 1. The van der Waals surface area contributed by atoms with Crippen molar-refractivity contribution >= 4 is 34.4 Å². The molecule has 15 heteroatoms. The Hall–Kier alpha value is -6.35. The van der Waals surface area contributed by atoms with E-state index in [-0.39, 0.29) is 35.0 Å². The van der Waals surface area contributed by atoms with Gasteiger partial charge in [0.2, 0.25) is 17.7 Å². The van der Waals surface area contributed by atoms with Crippen molar-refractivity contribution in [1.29, 1.82) is 0 Å². The van der Waals surface area contributed by atoms with Crippen molar-refractivity contribution in [3.05, 3.63) is 101 Å². The van der Waals surface area contributed by atoms with Crippen molar-refractivity contribution in [3.8, 4) is 22.5 Å². The number of H-pyrrole nitrogens is 1. The average molecular weight is 796 g/mol. The highest BCUT2D eigenvalue weighted by atomic mass is 16.5. The van der Waals surface area contributed by atoms with E-state index in [1.165, 1.54) is 0 Å². The number of aromatic amines is 1. The Morgan fingerprint density at radius 3 is 2.47 bits per heavy atom. The number of amides is 3. The average Bonchev–Trinajstić information content (AvgIpc) is 3.90. The van der Waals surface area contributed by atoms with Crippen LogP contribution in [0, 0.1) is 13.8 Å². The molecule has 3 amide bonds. The molecule has 6 aromatic rings. The molecule has 2 aliphatic heterocycles. The summed E-state index contributed by atoms with van der Waals surface area (Å²) in [4.78, 5) is 60.3. The summed E-state index contributed by atoms with van der Waals surface area (Å²) in [5, 5.41) is 17.9. The van der Waals surface area contributed by atoms with Gasteiger partial charge in [0.15, 0.2) is 5.65 Å². The second kappa shape index (κ2) is 16.1.